The summed E-state index contributed by atoms with van der Waals surface area (Å²) < 4.78 is 29.0. The molecule has 0 aliphatic heterocycles. The normalized spacial score (nSPS) is 11.0. The van der Waals surface area contributed by atoms with Crippen molar-refractivity contribution in [3.05, 3.63) is 120 Å². The third-order valence-corrected chi connectivity index (χ3v) is 7.43. The zero-order chi connectivity index (χ0) is 26.4. The molecule has 0 bridgehead atoms. The molecule has 0 fully saturated rings. The van der Waals surface area contributed by atoms with Crippen LogP contribution in [0.25, 0.3) is 0 Å². The lowest BCUT2D eigenvalue weighted by Gasteiger charge is -2.26. The summed E-state index contributed by atoms with van der Waals surface area (Å²) in [4.78, 5) is 24.8. The Balaban J connectivity index is 1.71. The Morgan fingerprint density at radius 1 is 0.730 bits per heavy atom. The van der Waals surface area contributed by atoms with Crippen LogP contribution in [0.3, 0.4) is 0 Å². The number of carbonyl (C=O) groups excluding carboxylic acids is 2. The lowest BCUT2D eigenvalue weighted by Crippen LogP contribution is -2.32. The van der Waals surface area contributed by atoms with E-state index in [2.05, 4.69) is 10.6 Å². The van der Waals surface area contributed by atoms with Gasteiger partial charge in [0.25, 0.3) is 15.9 Å². The maximum absolute atomic E-state index is 13.9. The van der Waals surface area contributed by atoms with Crippen LogP contribution in [-0.4, -0.2) is 20.2 Å². The van der Waals surface area contributed by atoms with Crippen LogP contribution in [0.4, 0.5) is 17.1 Å². The minimum absolute atomic E-state index is 0.0484. The molecule has 7 nitrogen and oxygen atoms in total. The van der Waals surface area contributed by atoms with Gasteiger partial charge in [0.2, 0.25) is 5.91 Å². The van der Waals surface area contributed by atoms with Crippen molar-refractivity contribution in [3.8, 4) is 0 Å². The lowest BCUT2D eigenvalue weighted by atomic mass is 10.1. The summed E-state index contributed by atoms with van der Waals surface area (Å²) in [5, 5.41) is 5.50. The van der Waals surface area contributed by atoms with E-state index in [1.807, 2.05) is 37.3 Å². The third kappa shape index (κ3) is 6.23. The molecule has 2 amide bonds. The number of hydrogen-bond acceptors (Lipinski definition) is 4. The van der Waals surface area contributed by atoms with Gasteiger partial charge in [-0.1, -0.05) is 60.2 Å². The molecule has 0 spiro atoms. The van der Waals surface area contributed by atoms with Gasteiger partial charge in [0, 0.05) is 18.3 Å². The van der Waals surface area contributed by atoms with Gasteiger partial charge < -0.3 is 10.6 Å². The number of anilines is 3. The highest BCUT2D eigenvalue weighted by molar-refractivity contribution is 7.92. The molecule has 2 N–H and O–H groups in total. The molecule has 188 valence electrons. The van der Waals surface area contributed by atoms with E-state index < -0.39 is 15.9 Å². The molecule has 8 heteroatoms. The molecule has 0 saturated carbocycles. The molecule has 0 aliphatic rings. The predicted octanol–water partition coefficient (Wildman–Crippen LogP) is 5.60. The fourth-order valence-corrected chi connectivity index (χ4v) is 5.28. The van der Waals surface area contributed by atoms with Gasteiger partial charge in [-0.25, -0.2) is 8.42 Å². The maximum Gasteiger partial charge on any atom is 0.264 e. The number of rotatable bonds is 8. The topological polar surface area (TPSA) is 95.6 Å². The van der Waals surface area contributed by atoms with Gasteiger partial charge in [0.15, 0.2) is 0 Å². The number of sulfonamides is 1. The molecule has 0 aromatic heterocycles. The molecule has 4 aromatic rings. The first-order chi connectivity index (χ1) is 17.7. The van der Waals surface area contributed by atoms with E-state index in [0.29, 0.717) is 11.4 Å². The van der Waals surface area contributed by atoms with Crippen LogP contribution in [-0.2, 0) is 21.4 Å². The van der Waals surface area contributed by atoms with Crippen molar-refractivity contribution in [1.29, 1.82) is 0 Å². The summed E-state index contributed by atoms with van der Waals surface area (Å²) in [6.07, 6.45) is 0. The Hall–Kier alpha value is -4.43. The van der Waals surface area contributed by atoms with Crippen LogP contribution in [0.5, 0.6) is 0 Å². The van der Waals surface area contributed by atoms with Crippen molar-refractivity contribution < 1.29 is 18.0 Å². The van der Waals surface area contributed by atoms with Crippen molar-refractivity contribution in [2.45, 2.75) is 25.3 Å². The smallest absolute Gasteiger partial charge is 0.264 e. The van der Waals surface area contributed by atoms with Gasteiger partial charge in [0.05, 0.1) is 22.7 Å². The van der Waals surface area contributed by atoms with Gasteiger partial charge in [-0.2, -0.15) is 0 Å². The average molecular weight is 514 g/mol. The van der Waals surface area contributed by atoms with Gasteiger partial charge >= 0.3 is 0 Å². The first kappa shape index (κ1) is 25.7. The number of amides is 2. The standard InChI is InChI=1S/C29H27N3O4S/c1-21-12-18-26(19-13-21)37(35,36)32(20-23-8-4-3-5-9-23)28-11-7-6-10-27(28)29(34)31-25-16-14-24(15-17-25)30-22(2)33/h3-19H,20H2,1-2H3,(H,30,33)(H,31,34). The van der Waals surface area contributed by atoms with Gasteiger partial charge in [-0.3, -0.25) is 13.9 Å². The second-order valence-corrected chi connectivity index (χ2v) is 10.4. The molecule has 0 saturated heterocycles. The molecular weight excluding hydrogens is 486 g/mol. The van der Waals surface area contributed by atoms with Crippen LogP contribution < -0.4 is 14.9 Å². The van der Waals surface area contributed by atoms with Crippen molar-refractivity contribution in [2.75, 3.05) is 14.9 Å². The van der Waals surface area contributed by atoms with Crippen molar-refractivity contribution in [1.82, 2.24) is 0 Å². The monoisotopic (exact) mass is 513 g/mol. The molecular formula is C29H27N3O4S. The fourth-order valence-electron chi connectivity index (χ4n) is 3.81. The van der Waals surface area contributed by atoms with E-state index in [1.54, 1.807) is 72.8 Å². The first-order valence-corrected chi connectivity index (χ1v) is 13.1. The van der Waals surface area contributed by atoms with Crippen molar-refractivity contribution in [2.24, 2.45) is 0 Å². The van der Waals surface area contributed by atoms with Gasteiger partial charge in [0.1, 0.15) is 0 Å². The Morgan fingerprint density at radius 3 is 1.92 bits per heavy atom. The largest absolute Gasteiger partial charge is 0.326 e. The minimum Gasteiger partial charge on any atom is -0.326 e. The molecule has 4 rings (SSSR count). The summed E-state index contributed by atoms with van der Waals surface area (Å²) in [5.41, 5.74) is 3.30. The van der Waals surface area contributed by atoms with Crippen molar-refractivity contribution >= 4 is 38.9 Å². The molecule has 37 heavy (non-hydrogen) atoms. The highest BCUT2D eigenvalue weighted by Crippen LogP contribution is 2.30. The molecule has 0 aliphatic carbocycles. The average Bonchev–Trinajstić information content (AvgIpc) is 2.89. The minimum atomic E-state index is -4.00. The van der Waals surface area contributed by atoms with Crippen LogP contribution in [0.15, 0.2) is 108 Å². The molecule has 0 radical (unpaired) electrons. The van der Waals surface area contributed by atoms with Crippen LogP contribution in [0, 0.1) is 6.92 Å². The second kappa shape index (κ2) is 11.1. The number of aryl methyl sites for hydroxylation is 1. The quantitative estimate of drug-likeness (QED) is 0.321. The number of para-hydroxylation sites is 1. The van der Waals surface area contributed by atoms with Crippen LogP contribution >= 0.6 is 0 Å². The summed E-state index contributed by atoms with van der Waals surface area (Å²) in [7, 11) is -4.00. The van der Waals surface area contributed by atoms with E-state index in [9.17, 15) is 18.0 Å². The van der Waals surface area contributed by atoms with E-state index >= 15 is 0 Å². The zero-order valence-corrected chi connectivity index (χ0v) is 21.3. The first-order valence-electron chi connectivity index (χ1n) is 11.7. The van der Waals surface area contributed by atoms with E-state index in [4.69, 9.17) is 0 Å². The summed E-state index contributed by atoms with van der Waals surface area (Å²) in [6, 6.07) is 29.2. The summed E-state index contributed by atoms with van der Waals surface area (Å²) in [5.74, 6) is -0.654. The Morgan fingerprint density at radius 2 is 1.30 bits per heavy atom. The molecule has 0 unspecified atom stereocenters. The van der Waals surface area contributed by atoms with E-state index in [-0.39, 0.29) is 28.6 Å². The van der Waals surface area contributed by atoms with E-state index in [1.165, 1.54) is 11.2 Å². The summed E-state index contributed by atoms with van der Waals surface area (Å²) in [6.45, 7) is 3.35. The van der Waals surface area contributed by atoms with Crippen LogP contribution in [0.2, 0.25) is 0 Å². The summed E-state index contributed by atoms with van der Waals surface area (Å²) >= 11 is 0. The van der Waals surface area contributed by atoms with Crippen LogP contribution in [0.1, 0.15) is 28.4 Å². The third-order valence-electron chi connectivity index (χ3n) is 5.66. The number of hydrogen-bond donors (Lipinski definition) is 2. The van der Waals surface area contributed by atoms with E-state index in [0.717, 1.165) is 11.1 Å². The second-order valence-electron chi connectivity index (χ2n) is 8.54. The molecule has 4 aromatic carbocycles. The Kier molecular flexibility index (Phi) is 7.69. The molecule has 0 atom stereocenters. The SMILES string of the molecule is CC(=O)Nc1ccc(NC(=O)c2ccccc2N(Cc2ccccc2)S(=O)(=O)c2ccc(C)cc2)cc1. The van der Waals surface area contributed by atoms with Crippen molar-refractivity contribution in [3.63, 3.8) is 0 Å². The van der Waals surface area contributed by atoms with Gasteiger partial charge in [-0.05, 0) is 61.0 Å². The van der Waals surface area contributed by atoms with Gasteiger partial charge in [-0.15, -0.1) is 0 Å². The molecule has 0 heterocycles. The number of carbonyl (C=O) groups is 2. The Labute approximate surface area is 216 Å². The highest BCUT2D eigenvalue weighted by atomic mass is 32.2. The lowest BCUT2D eigenvalue weighted by molar-refractivity contribution is -0.114. The number of nitrogens with one attached hydrogen (secondary N) is 2. The maximum atomic E-state index is 13.9. The Bertz CT molecular complexity index is 1500. The zero-order valence-electron chi connectivity index (χ0n) is 20.5. The predicted molar refractivity (Wildman–Crippen MR) is 146 cm³/mol. The fraction of sp³-hybridized carbons (Fsp3) is 0.103. The number of nitrogens with zero attached hydrogens (tertiary/aromatic N) is 1. The number of benzene rings is 4. The highest BCUT2D eigenvalue weighted by Gasteiger charge is 2.28.